The highest BCUT2D eigenvalue weighted by Gasteiger charge is 2.04. The Hall–Kier alpha value is -0.0800. The average molecular weight is 158 g/mol. The minimum Gasteiger partial charge on any atom is -0.785 e. The molecular formula is C9H20NO-. The van der Waals surface area contributed by atoms with Gasteiger partial charge in [0.25, 0.3) is 0 Å². The van der Waals surface area contributed by atoms with Crippen LogP contribution in [0.3, 0.4) is 0 Å². The van der Waals surface area contributed by atoms with Crippen LogP contribution in [0.5, 0.6) is 0 Å². The summed E-state index contributed by atoms with van der Waals surface area (Å²) in [6.45, 7) is 9.72. The summed E-state index contributed by atoms with van der Waals surface area (Å²) in [5, 5.41) is 12.1. The van der Waals surface area contributed by atoms with Gasteiger partial charge in [-0.1, -0.05) is 27.7 Å². The van der Waals surface area contributed by atoms with Crippen molar-refractivity contribution in [1.82, 2.24) is 5.06 Å². The summed E-state index contributed by atoms with van der Waals surface area (Å²) < 4.78 is 0. The smallest absolute Gasteiger partial charge is 0.0118 e. The lowest BCUT2D eigenvalue weighted by atomic mass is 9.99. The van der Waals surface area contributed by atoms with Crippen molar-refractivity contribution in [3.8, 4) is 0 Å². The van der Waals surface area contributed by atoms with E-state index in [1.165, 1.54) is 0 Å². The number of hydroxylamine groups is 2. The first-order valence-electron chi connectivity index (χ1n) is 4.48. The van der Waals surface area contributed by atoms with Gasteiger partial charge < -0.3 is 10.3 Å². The molecule has 1 unspecified atom stereocenters. The summed E-state index contributed by atoms with van der Waals surface area (Å²) in [6, 6.07) is 0. The zero-order valence-corrected chi connectivity index (χ0v) is 8.13. The summed E-state index contributed by atoms with van der Waals surface area (Å²) in [7, 11) is 0. The minimum atomic E-state index is 0.535. The van der Waals surface area contributed by atoms with E-state index < -0.39 is 0 Å². The van der Waals surface area contributed by atoms with E-state index in [-0.39, 0.29) is 0 Å². The molecule has 2 nitrogen and oxygen atoms in total. The Morgan fingerprint density at radius 3 is 2.18 bits per heavy atom. The molecule has 0 bridgehead atoms. The molecule has 0 aromatic heterocycles. The molecule has 0 aromatic rings. The number of hydrogen-bond acceptors (Lipinski definition) is 2. The first-order valence-corrected chi connectivity index (χ1v) is 4.48. The third-order valence-corrected chi connectivity index (χ3v) is 1.74. The molecular weight excluding hydrogens is 138 g/mol. The van der Waals surface area contributed by atoms with Gasteiger partial charge in [-0.3, -0.25) is 0 Å². The number of rotatable bonds is 5. The van der Waals surface area contributed by atoms with Crippen LogP contribution in [-0.2, 0) is 0 Å². The van der Waals surface area contributed by atoms with Crippen LogP contribution in [0.25, 0.3) is 0 Å². The lowest BCUT2D eigenvalue weighted by Crippen LogP contribution is -2.23. The normalized spacial score (nSPS) is 14.5. The topological polar surface area (TPSA) is 26.3 Å². The maximum atomic E-state index is 10.9. The second-order valence-electron chi connectivity index (χ2n) is 3.72. The van der Waals surface area contributed by atoms with Gasteiger partial charge in [0.2, 0.25) is 0 Å². The summed E-state index contributed by atoms with van der Waals surface area (Å²) in [4.78, 5) is 0. The van der Waals surface area contributed by atoms with Crippen molar-refractivity contribution < 1.29 is 0 Å². The van der Waals surface area contributed by atoms with Crippen LogP contribution in [0.2, 0.25) is 0 Å². The lowest BCUT2D eigenvalue weighted by Gasteiger charge is -2.30. The molecule has 2 heteroatoms. The standard InChI is InChI=1S/C9H20NO/c1-5-10(11)7-9(4)6-8(2)3/h8-9H,5-7H2,1-4H3/q-1. The predicted octanol–water partition coefficient (Wildman–Crippen LogP) is 2.49. The van der Waals surface area contributed by atoms with Crippen molar-refractivity contribution in [3.63, 3.8) is 0 Å². The Kier molecular flexibility index (Phi) is 5.51. The SMILES string of the molecule is CCN([O-])CC(C)CC(C)C. The Bertz CT molecular complexity index is 93.6. The molecule has 0 heterocycles. The molecule has 1 atom stereocenters. The highest BCUT2D eigenvalue weighted by molar-refractivity contribution is 4.62. The summed E-state index contributed by atoms with van der Waals surface area (Å²) in [5.41, 5.74) is 0. The van der Waals surface area contributed by atoms with Gasteiger partial charge in [0.1, 0.15) is 0 Å². The molecule has 0 amide bonds. The average Bonchev–Trinajstić information content (AvgIpc) is 1.85. The summed E-state index contributed by atoms with van der Waals surface area (Å²) in [5.74, 6) is 1.24. The van der Waals surface area contributed by atoms with Crippen LogP contribution in [0, 0.1) is 17.0 Å². The highest BCUT2D eigenvalue weighted by Crippen LogP contribution is 2.11. The van der Waals surface area contributed by atoms with E-state index >= 15 is 0 Å². The van der Waals surface area contributed by atoms with E-state index in [0.717, 1.165) is 11.5 Å². The third kappa shape index (κ3) is 6.32. The van der Waals surface area contributed by atoms with Gasteiger partial charge in [0.05, 0.1) is 0 Å². The molecule has 0 saturated carbocycles. The van der Waals surface area contributed by atoms with Crippen molar-refractivity contribution >= 4 is 0 Å². The maximum absolute atomic E-state index is 10.9. The van der Waals surface area contributed by atoms with Crippen LogP contribution in [0.15, 0.2) is 0 Å². The summed E-state index contributed by atoms with van der Waals surface area (Å²) in [6.07, 6.45) is 1.15. The first kappa shape index (κ1) is 10.9. The van der Waals surface area contributed by atoms with E-state index in [2.05, 4.69) is 20.8 Å². The van der Waals surface area contributed by atoms with E-state index in [1.54, 1.807) is 0 Å². The Balaban J connectivity index is 3.43. The van der Waals surface area contributed by atoms with Gasteiger partial charge in [0.15, 0.2) is 0 Å². The number of hydrogen-bond donors (Lipinski definition) is 0. The zero-order valence-electron chi connectivity index (χ0n) is 8.13. The van der Waals surface area contributed by atoms with E-state index in [0.29, 0.717) is 24.9 Å². The van der Waals surface area contributed by atoms with Crippen LogP contribution in [-0.4, -0.2) is 18.2 Å². The molecule has 0 aliphatic heterocycles. The van der Waals surface area contributed by atoms with E-state index in [9.17, 15) is 5.21 Å². The van der Waals surface area contributed by atoms with Crippen molar-refractivity contribution in [2.75, 3.05) is 13.1 Å². The quantitative estimate of drug-likeness (QED) is 0.575. The van der Waals surface area contributed by atoms with Crippen molar-refractivity contribution in [3.05, 3.63) is 5.21 Å². The van der Waals surface area contributed by atoms with Gasteiger partial charge in [-0.2, -0.15) is 0 Å². The zero-order chi connectivity index (χ0) is 8.85. The van der Waals surface area contributed by atoms with Crippen LogP contribution < -0.4 is 0 Å². The minimum absolute atomic E-state index is 0.535. The molecule has 0 fully saturated rings. The molecule has 0 rings (SSSR count). The summed E-state index contributed by atoms with van der Waals surface area (Å²) >= 11 is 0. The first-order chi connectivity index (χ1) is 5.06. The van der Waals surface area contributed by atoms with Gasteiger partial charge >= 0.3 is 0 Å². The second kappa shape index (κ2) is 5.56. The monoisotopic (exact) mass is 158 g/mol. The van der Waals surface area contributed by atoms with Crippen LogP contribution in [0.1, 0.15) is 34.1 Å². The van der Waals surface area contributed by atoms with Gasteiger partial charge in [-0.05, 0) is 31.3 Å². The molecule has 0 aromatic carbocycles. The Labute approximate surface area is 70.2 Å². The second-order valence-corrected chi connectivity index (χ2v) is 3.72. The van der Waals surface area contributed by atoms with E-state index in [4.69, 9.17) is 0 Å². The molecule has 68 valence electrons. The van der Waals surface area contributed by atoms with Gasteiger partial charge in [-0.15, -0.1) is 0 Å². The van der Waals surface area contributed by atoms with Crippen molar-refractivity contribution in [2.45, 2.75) is 34.1 Å². The molecule has 0 radical (unpaired) electrons. The van der Waals surface area contributed by atoms with Crippen molar-refractivity contribution in [1.29, 1.82) is 0 Å². The molecule has 0 N–H and O–H groups in total. The van der Waals surface area contributed by atoms with Crippen molar-refractivity contribution in [2.24, 2.45) is 11.8 Å². The Morgan fingerprint density at radius 1 is 1.27 bits per heavy atom. The molecule has 0 saturated heterocycles. The molecule has 0 aliphatic carbocycles. The van der Waals surface area contributed by atoms with Crippen LogP contribution >= 0.6 is 0 Å². The maximum Gasteiger partial charge on any atom is -0.0118 e. The fraction of sp³-hybridized carbons (Fsp3) is 1.00. The highest BCUT2D eigenvalue weighted by atomic mass is 16.5. The third-order valence-electron chi connectivity index (χ3n) is 1.74. The Morgan fingerprint density at radius 2 is 1.82 bits per heavy atom. The molecule has 0 spiro atoms. The van der Waals surface area contributed by atoms with E-state index in [1.807, 2.05) is 6.92 Å². The van der Waals surface area contributed by atoms with Gasteiger partial charge in [-0.25, -0.2) is 0 Å². The lowest BCUT2D eigenvalue weighted by molar-refractivity contribution is 0.302. The predicted molar refractivity (Wildman–Crippen MR) is 49.2 cm³/mol. The fourth-order valence-electron chi connectivity index (χ4n) is 1.36. The van der Waals surface area contributed by atoms with Crippen LogP contribution in [0.4, 0.5) is 0 Å². The molecule has 0 aliphatic rings. The fourth-order valence-corrected chi connectivity index (χ4v) is 1.36. The van der Waals surface area contributed by atoms with Gasteiger partial charge in [0, 0.05) is 0 Å². The largest absolute Gasteiger partial charge is 0.785 e. The molecule has 11 heavy (non-hydrogen) atoms. The number of nitrogens with zero attached hydrogens (tertiary/aromatic N) is 1.